The number of halogens is 5. The van der Waals surface area contributed by atoms with Crippen molar-refractivity contribution >= 4 is 27.4 Å². The molecule has 4 fully saturated rings. The van der Waals surface area contributed by atoms with E-state index in [0.717, 1.165) is 36.3 Å². The summed E-state index contributed by atoms with van der Waals surface area (Å²) in [5.41, 5.74) is -2.03. The van der Waals surface area contributed by atoms with Gasteiger partial charge in [-0.2, -0.15) is 23.5 Å². The largest absolute Gasteiger partial charge is 0.425 e. The van der Waals surface area contributed by atoms with E-state index in [-0.39, 0.29) is 24.7 Å². The number of aromatic nitrogens is 2. The van der Waals surface area contributed by atoms with Crippen LogP contribution in [0.2, 0.25) is 0 Å². The van der Waals surface area contributed by atoms with Crippen LogP contribution in [0.15, 0.2) is 29.2 Å². The van der Waals surface area contributed by atoms with Crippen molar-refractivity contribution in [2.45, 2.75) is 85.5 Å². The first-order valence-corrected chi connectivity index (χ1v) is 15.5. The number of rotatable bonds is 7. The fourth-order valence-electron chi connectivity index (χ4n) is 5.76. The number of carbonyl (C=O) groups excluding carboxylic acids is 1. The number of nitriles is 1. The van der Waals surface area contributed by atoms with Crippen molar-refractivity contribution < 1.29 is 39.9 Å². The topological polar surface area (TPSA) is 121 Å². The SMILES string of the molecule is Cc1cc(N2C[C@H](S(=O)(=O)c3ccc(N4CC(F)(F)C4)cc3C(F)(F)F)C[C@@H]2OC(=O)NC2(C#N)CC2)n(C2CCC2)n1. The van der Waals surface area contributed by atoms with E-state index in [1.807, 2.05) is 6.07 Å². The van der Waals surface area contributed by atoms with Gasteiger partial charge in [0.05, 0.1) is 46.6 Å². The summed E-state index contributed by atoms with van der Waals surface area (Å²) in [6, 6.07) is 6.24. The lowest BCUT2D eigenvalue weighted by Crippen LogP contribution is -2.56. The van der Waals surface area contributed by atoms with Gasteiger partial charge in [-0.1, -0.05) is 0 Å². The van der Waals surface area contributed by atoms with Gasteiger partial charge in [0, 0.05) is 24.7 Å². The highest BCUT2D eigenvalue weighted by Gasteiger charge is 2.50. The predicted octanol–water partition coefficient (Wildman–Crippen LogP) is 4.55. The Hall–Kier alpha value is -3.61. The number of aryl methyl sites for hydroxylation is 1. The van der Waals surface area contributed by atoms with Gasteiger partial charge in [-0.05, 0) is 57.2 Å². The molecule has 2 aliphatic heterocycles. The minimum absolute atomic E-state index is 0.0421. The maximum absolute atomic E-state index is 14.2. The van der Waals surface area contributed by atoms with E-state index in [4.69, 9.17) is 4.74 Å². The number of ether oxygens (including phenoxy) is 1. The second-order valence-corrected chi connectivity index (χ2v) is 14.0. The van der Waals surface area contributed by atoms with Gasteiger partial charge in [0.15, 0.2) is 16.1 Å². The highest BCUT2D eigenvalue weighted by Crippen LogP contribution is 2.43. The Morgan fingerprint density at radius 3 is 2.44 bits per heavy atom. The predicted molar refractivity (Wildman–Crippen MR) is 142 cm³/mol. The van der Waals surface area contributed by atoms with Crippen LogP contribution in [0.4, 0.5) is 38.3 Å². The summed E-state index contributed by atoms with van der Waals surface area (Å²) in [4.78, 5) is 14.4. The molecule has 3 heterocycles. The first-order chi connectivity index (χ1) is 20.1. The number of nitrogens with zero attached hydrogens (tertiary/aromatic N) is 5. The van der Waals surface area contributed by atoms with Crippen molar-refractivity contribution in [2.24, 2.45) is 0 Å². The summed E-state index contributed by atoms with van der Waals surface area (Å²) in [6.45, 7) is -0.0775. The average Bonchev–Trinajstić information content (AvgIpc) is 3.36. The third kappa shape index (κ3) is 5.47. The summed E-state index contributed by atoms with van der Waals surface area (Å²) in [5.74, 6) is -2.56. The molecule has 2 saturated heterocycles. The van der Waals surface area contributed by atoms with Gasteiger partial charge in [-0.25, -0.2) is 26.7 Å². The molecule has 1 aromatic heterocycles. The number of hydrogen-bond acceptors (Lipinski definition) is 8. The molecule has 0 radical (unpaired) electrons. The molecule has 4 aliphatic rings. The molecular weight excluding hydrogens is 599 g/mol. The average molecular weight is 629 g/mol. The molecule has 0 unspecified atom stereocenters. The van der Waals surface area contributed by atoms with Gasteiger partial charge in [0.1, 0.15) is 11.4 Å². The Morgan fingerprint density at radius 1 is 1.19 bits per heavy atom. The second kappa shape index (κ2) is 9.96. The van der Waals surface area contributed by atoms with Crippen LogP contribution < -0.4 is 15.1 Å². The summed E-state index contributed by atoms with van der Waals surface area (Å²) in [5, 5.41) is 15.0. The second-order valence-electron chi connectivity index (χ2n) is 11.8. The van der Waals surface area contributed by atoms with Crippen molar-refractivity contribution in [1.82, 2.24) is 15.1 Å². The molecule has 43 heavy (non-hydrogen) atoms. The van der Waals surface area contributed by atoms with Gasteiger partial charge >= 0.3 is 12.3 Å². The van der Waals surface area contributed by atoms with Crippen LogP contribution in [-0.4, -0.2) is 66.9 Å². The zero-order chi connectivity index (χ0) is 30.9. The molecule has 2 aliphatic carbocycles. The summed E-state index contributed by atoms with van der Waals surface area (Å²) >= 11 is 0. The molecule has 0 bridgehead atoms. The molecule has 232 valence electrons. The number of hydrogen-bond donors (Lipinski definition) is 1. The number of amides is 1. The van der Waals surface area contributed by atoms with Crippen LogP contribution in [-0.2, 0) is 20.8 Å². The van der Waals surface area contributed by atoms with Gasteiger partial charge in [0.25, 0.3) is 5.92 Å². The number of alkyl halides is 5. The van der Waals surface area contributed by atoms with E-state index >= 15 is 0 Å². The van der Waals surface area contributed by atoms with Gasteiger partial charge in [-0.15, -0.1) is 0 Å². The molecule has 1 N–H and O–H groups in total. The van der Waals surface area contributed by atoms with Crippen molar-refractivity contribution in [2.75, 3.05) is 29.4 Å². The van der Waals surface area contributed by atoms with Gasteiger partial charge in [0.2, 0.25) is 0 Å². The quantitative estimate of drug-likeness (QED) is 0.444. The van der Waals surface area contributed by atoms with E-state index in [9.17, 15) is 40.4 Å². The molecule has 2 saturated carbocycles. The molecule has 1 amide bonds. The minimum atomic E-state index is -5.09. The normalized spacial score (nSPS) is 24.6. The molecule has 10 nitrogen and oxygen atoms in total. The fraction of sp³-hybridized carbons (Fsp3) is 0.593. The molecular formula is C27H29F5N6O4S. The molecule has 6 rings (SSSR count). The van der Waals surface area contributed by atoms with E-state index in [1.165, 1.54) is 4.90 Å². The van der Waals surface area contributed by atoms with E-state index in [0.29, 0.717) is 30.4 Å². The minimum Gasteiger partial charge on any atom is -0.425 e. The highest BCUT2D eigenvalue weighted by atomic mass is 32.2. The van der Waals surface area contributed by atoms with Crippen LogP contribution in [0.1, 0.15) is 55.8 Å². The number of nitrogens with one attached hydrogen (secondary N) is 1. The van der Waals surface area contributed by atoms with E-state index in [2.05, 4.69) is 10.4 Å². The van der Waals surface area contributed by atoms with Crippen molar-refractivity contribution in [3.05, 3.63) is 35.5 Å². The number of alkyl carbamates (subject to hydrolysis) is 1. The standard InChI is InChI=1S/C27H29F5N6O4S/c1-16-9-22(38(35-16)17-3-2-4-17)37-12-19(11-23(37)42-24(39)34-25(13-33)7-8-25)43(40,41)21-6-5-18(10-20(21)27(30,31)32)36-14-26(28,29)15-36/h5-6,9-10,17,19,23H,2-4,7-8,11-12,14-15H2,1H3,(H,34,39)/t19-,23+/m1/s1. The smallest absolute Gasteiger partial charge is 0.417 e. The Morgan fingerprint density at radius 2 is 1.88 bits per heavy atom. The monoisotopic (exact) mass is 628 g/mol. The number of anilines is 2. The Labute approximate surface area is 244 Å². The van der Waals surface area contributed by atoms with Crippen LogP contribution in [0.3, 0.4) is 0 Å². The third-order valence-electron chi connectivity index (χ3n) is 8.54. The molecule has 0 spiro atoms. The Bertz CT molecular complexity index is 1590. The summed E-state index contributed by atoms with van der Waals surface area (Å²) < 4.78 is 104. The van der Waals surface area contributed by atoms with E-state index in [1.54, 1.807) is 17.7 Å². The molecule has 2 atom stereocenters. The molecule has 2 aromatic rings. The maximum atomic E-state index is 14.2. The number of carbonyl (C=O) groups is 1. The lowest BCUT2D eigenvalue weighted by Gasteiger charge is -2.40. The maximum Gasteiger partial charge on any atom is 0.417 e. The fourth-order valence-corrected chi connectivity index (χ4v) is 7.63. The van der Waals surface area contributed by atoms with Gasteiger partial charge < -0.3 is 19.9 Å². The summed E-state index contributed by atoms with van der Waals surface area (Å²) in [6.07, 6.45) is -4.03. The van der Waals surface area contributed by atoms with Crippen molar-refractivity contribution in [3.8, 4) is 6.07 Å². The zero-order valence-corrected chi connectivity index (χ0v) is 23.9. The van der Waals surface area contributed by atoms with Crippen LogP contribution >= 0.6 is 0 Å². The van der Waals surface area contributed by atoms with Crippen LogP contribution in [0.5, 0.6) is 0 Å². The first kappa shape index (κ1) is 29.5. The Balaban J connectivity index is 1.33. The van der Waals surface area contributed by atoms with Gasteiger partial charge in [-0.3, -0.25) is 0 Å². The number of sulfone groups is 1. The third-order valence-corrected chi connectivity index (χ3v) is 10.7. The van der Waals surface area contributed by atoms with E-state index < -0.39 is 68.6 Å². The highest BCUT2D eigenvalue weighted by molar-refractivity contribution is 7.92. The van der Waals surface area contributed by atoms with Crippen LogP contribution in [0, 0.1) is 18.3 Å². The zero-order valence-electron chi connectivity index (χ0n) is 23.1. The van der Waals surface area contributed by atoms with Crippen LogP contribution in [0.25, 0.3) is 0 Å². The lowest BCUT2D eigenvalue weighted by molar-refractivity contribution is -0.139. The Kier molecular flexibility index (Phi) is 6.83. The molecule has 16 heteroatoms. The number of benzene rings is 1. The first-order valence-electron chi connectivity index (χ1n) is 13.9. The summed E-state index contributed by atoms with van der Waals surface area (Å²) in [7, 11) is -4.68. The van der Waals surface area contributed by atoms with Crippen molar-refractivity contribution in [3.63, 3.8) is 0 Å². The lowest BCUT2D eigenvalue weighted by atomic mass is 9.93. The van der Waals surface area contributed by atoms with Crippen molar-refractivity contribution in [1.29, 1.82) is 5.26 Å². The molecule has 1 aromatic carbocycles.